The Bertz CT molecular complexity index is 1070. The molecule has 0 atom stereocenters. The topological polar surface area (TPSA) is 99.1 Å². The maximum Gasteiger partial charge on any atom is 0.328 e. The van der Waals surface area contributed by atoms with Gasteiger partial charge in [-0.05, 0) is 36.8 Å². The van der Waals surface area contributed by atoms with Crippen LogP contribution in [0.4, 0.5) is 0 Å². The average Bonchev–Trinajstić information content (AvgIpc) is 3.11. The van der Waals surface area contributed by atoms with Crippen molar-refractivity contribution in [2.75, 3.05) is 6.61 Å². The number of hydrogen-bond acceptors (Lipinski definition) is 6. The maximum absolute atomic E-state index is 11.9. The molecule has 2 aromatic heterocycles. The van der Waals surface area contributed by atoms with Gasteiger partial charge in [0.2, 0.25) is 11.8 Å². The summed E-state index contributed by atoms with van der Waals surface area (Å²) in [6, 6.07) is 7.14. The third-order valence-corrected chi connectivity index (χ3v) is 4.36. The summed E-state index contributed by atoms with van der Waals surface area (Å²) in [5.41, 5.74) is 1.81. The molecule has 1 aliphatic heterocycles. The van der Waals surface area contributed by atoms with Crippen LogP contribution in [0.3, 0.4) is 0 Å². The van der Waals surface area contributed by atoms with Gasteiger partial charge in [-0.2, -0.15) is 0 Å². The molecule has 8 nitrogen and oxygen atoms in total. The molecule has 8 heteroatoms. The molecule has 1 aromatic carbocycles. The van der Waals surface area contributed by atoms with E-state index in [2.05, 4.69) is 15.0 Å². The molecular weight excluding hydrogens is 336 g/mol. The van der Waals surface area contributed by atoms with Crippen LogP contribution in [0.25, 0.3) is 11.3 Å². The highest BCUT2D eigenvalue weighted by molar-refractivity contribution is 5.63. The van der Waals surface area contributed by atoms with Crippen LogP contribution in [-0.2, 0) is 13.5 Å². The second-order valence-electron chi connectivity index (χ2n) is 5.98. The van der Waals surface area contributed by atoms with E-state index in [0.717, 1.165) is 11.1 Å². The fourth-order valence-electron chi connectivity index (χ4n) is 3.00. The fraction of sp³-hybridized carbons (Fsp3) is 0.222. The van der Waals surface area contributed by atoms with Gasteiger partial charge in [-0.1, -0.05) is 0 Å². The van der Waals surface area contributed by atoms with Gasteiger partial charge < -0.3 is 9.47 Å². The summed E-state index contributed by atoms with van der Waals surface area (Å²) in [6.07, 6.45) is 2.11. The summed E-state index contributed by atoms with van der Waals surface area (Å²) in [5, 5.41) is 0. The predicted molar refractivity (Wildman–Crippen MR) is 93.8 cm³/mol. The van der Waals surface area contributed by atoms with E-state index >= 15 is 0 Å². The van der Waals surface area contributed by atoms with E-state index in [4.69, 9.17) is 9.47 Å². The van der Waals surface area contributed by atoms with E-state index < -0.39 is 5.69 Å². The van der Waals surface area contributed by atoms with Gasteiger partial charge in [0, 0.05) is 19.0 Å². The highest BCUT2D eigenvalue weighted by Crippen LogP contribution is 2.32. The molecule has 3 heterocycles. The number of H-pyrrole nitrogens is 1. The van der Waals surface area contributed by atoms with Gasteiger partial charge in [0.15, 0.2) is 0 Å². The fourth-order valence-corrected chi connectivity index (χ4v) is 3.00. The van der Waals surface area contributed by atoms with Crippen LogP contribution in [0.2, 0.25) is 0 Å². The molecule has 132 valence electrons. The lowest BCUT2D eigenvalue weighted by molar-refractivity contribution is 0.344. The van der Waals surface area contributed by atoms with Crippen LogP contribution in [0.5, 0.6) is 17.5 Å². The van der Waals surface area contributed by atoms with Gasteiger partial charge in [-0.15, -0.1) is 0 Å². The average molecular weight is 352 g/mol. The van der Waals surface area contributed by atoms with Crippen molar-refractivity contribution in [2.24, 2.45) is 7.05 Å². The molecule has 0 spiro atoms. The van der Waals surface area contributed by atoms with Crippen molar-refractivity contribution in [3.63, 3.8) is 0 Å². The van der Waals surface area contributed by atoms with Crippen molar-refractivity contribution < 1.29 is 9.47 Å². The smallest absolute Gasteiger partial charge is 0.328 e. The van der Waals surface area contributed by atoms with Gasteiger partial charge in [0.05, 0.1) is 17.9 Å². The molecule has 0 aliphatic carbocycles. The van der Waals surface area contributed by atoms with Crippen molar-refractivity contribution in [3.05, 3.63) is 62.6 Å². The minimum absolute atomic E-state index is 0.389. The van der Waals surface area contributed by atoms with Crippen molar-refractivity contribution in [1.82, 2.24) is 19.5 Å². The quantitative estimate of drug-likeness (QED) is 0.768. The Morgan fingerprint density at radius 3 is 2.73 bits per heavy atom. The van der Waals surface area contributed by atoms with Crippen LogP contribution < -0.4 is 20.7 Å². The first-order chi connectivity index (χ1) is 12.5. The molecule has 0 saturated carbocycles. The molecule has 3 aromatic rings. The third kappa shape index (κ3) is 2.65. The summed E-state index contributed by atoms with van der Waals surface area (Å²) in [4.78, 5) is 34.3. The number of ether oxygens (including phenoxy) is 2. The lowest BCUT2D eigenvalue weighted by Crippen LogP contribution is -2.31. The zero-order chi connectivity index (χ0) is 18.3. The highest BCUT2D eigenvalue weighted by Gasteiger charge is 2.20. The van der Waals surface area contributed by atoms with Crippen LogP contribution in [0, 0.1) is 6.92 Å². The molecule has 4 rings (SSSR count). The summed E-state index contributed by atoms with van der Waals surface area (Å²) >= 11 is 0. The summed E-state index contributed by atoms with van der Waals surface area (Å²) in [7, 11) is 1.62. The lowest BCUT2D eigenvalue weighted by atomic mass is 10.1. The van der Waals surface area contributed by atoms with Crippen molar-refractivity contribution >= 4 is 0 Å². The predicted octanol–water partition coefficient (Wildman–Crippen LogP) is 1.57. The number of rotatable bonds is 3. The Labute approximate surface area is 148 Å². The number of nitrogens with zero attached hydrogens (tertiary/aromatic N) is 3. The number of nitrogens with one attached hydrogen (secondary N) is 1. The molecule has 0 radical (unpaired) electrons. The van der Waals surface area contributed by atoms with E-state index in [1.807, 2.05) is 0 Å². The molecule has 26 heavy (non-hydrogen) atoms. The number of aromatic amines is 1. The third-order valence-electron chi connectivity index (χ3n) is 4.36. The number of hydrogen-bond donors (Lipinski definition) is 1. The number of fused-ring (bicyclic) bond motifs is 1. The van der Waals surface area contributed by atoms with Crippen molar-refractivity contribution in [3.8, 4) is 28.8 Å². The molecule has 0 bridgehead atoms. The molecule has 0 amide bonds. The molecule has 1 aliphatic rings. The number of aromatic nitrogens is 4. The Kier molecular flexibility index (Phi) is 3.80. The number of benzene rings is 1. The maximum atomic E-state index is 11.9. The zero-order valence-corrected chi connectivity index (χ0v) is 14.3. The summed E-state index contributed by atoms with van der Waals surface area (Å²) in [6.45, 7) is 2.25. The molecule has 1 N–H and O–H groups in total. The highest BCUT2D eigenvalue weighted by atomic mass is 16.5. The normalized spacial score (nSPS) is 12.5. The minimum Gasteiger partial charge on any atom is -0.477 e. The molecule has 0 fully saturated rings. The van der Waals surface area contributed by atoms with Gasteiger partial charge in [-0.3, -0.25) is 14.3 Å². The van der Waals surface area contributed by atoms with Gasteiger partial charge in [0.25, 0.3) is 5.56 Å². The van der Waals surface area contributed by atoms with Crippen LogP contribution in [0.15, 0.2) is 40.2 Å². The second-order valence-corrected chi connectivity index (χ2v) is 5.98. The SMILES string of the molecule is Cc1c(-c2ccc(Oc3ncnc4c3CCO4)cc2)n(C)c(=O)[nH]c1=O. The zero-order valence-electron chi connectivity index (χ0n) is 14.3. The van der Waals surface area contributed by atoms with Crippen LogP contribution in [-0.4, -0.2) is 26.1 Å². The summed E-state index contributed by atoms with van der Waals surface area (Å²) < 4.78 is 12.7. The molecular formula is C18H16N4O4. The Balaban J connectivity index is 1.68. The van der Waals surface area contributed by atoms with Gasteiger partial charge >= 0.3 is 5.69 Å². The Hall–Kier alpha value is -3.42. The van der Waals surface area contributed by atoms with E-state index in [-0.39, 0.29) is 5.56 Å². The largest absolute Gasteiger partial charge is 0.477 e. The van der Waals surface area contributed by atoms with E-state index in [1.165, 1.54) is 10.9 Å². The van der Waals surface area contributed by atoms with Crippen molar-refractivity contribution in [2.45, 2.75) is 13.3 Å². The monoisotopic (exact) mass is 352 g/mol. The van der Waals surface area contributed by atoms with Crippen LogP contribution >= 0.6 is 0 Å². The van der Waals surface area contributed by atoms with E-state index in [0.29, 0.717) is 41.8 Å². The van der Waals surface area contributed by atoms with Crippen LogP contribution in [0.1, 0.15) is 11.1 Å². The summed E-state index contributed by atoms with van der Waals surface area (Å²) in [5.74, 6) is 1.62. The minimum atomic E-state index is -0.451. The Morgan fingerprint density at radius 2 is 1.96 bits per heavy atom. The first-order valence-corrected chi connectivity index (χ1v) is 8.09. The first kappa shape index (κ1) is 16.1. The lowest BCUT2D eigenvalue weighted by Gasteiger charge is -2.12. The van der Waals surface area contributed by atoms with E-state index in [9.17, 15) is 9.59 Å². The first-order valence-electron chi connectivity index (χ1n) is 8.09. The molecule has 0 saturated heterocycles. The van der Waals surface area contributed by atoms with Gasteiger partial charge in [-0.25, -0.2) is 14.8 Å². The van der Waals surface area contributed by atoms with Gasteiger partial charge in [0.1, 0.15) is 12.1 Å². The standard InChI is InChI=1S/C18H16N4O4/c1-10-14(22(2)18(24)21-15(10)23)11-3-5-12(6-4-11)26-17-13-7-8-25-16(13)19-9-20-17/h3-6,9H,7-8H2,1-2H3,(H,21,23,24). The van der Waals surface area contributed by atoms with E-state index in [1.54, 1.807) is 38.2 Å². The second kappa shape index (κ2) is 6.14. The molecule has 0 unspecified atom stereocenters. The van der Waals surface area contributed by atoms with Crippen molar-refractivity contribution in [1.29, 1.82) is 0 Å². The Morgan fingerprint density at radius 1 is 1.19 bits per heavy atom.